The normalized spacial score (nSPS) is 17.0. The van der Waals surface area contributed by atoms with E-state index in [1.165, 1.54) is 10.2 Å². The van der Waals surface area contributed by atoms with Gasteiger partial charge in [0.25, 0.3) is 0 Å². The third-order valence-electron chi connectivity index (χ3n) is 3.72. The number of rotatable bonds is 3. The Morgan fingerprint density at radius 1 is 1.36 bits per heavy atom. The van der Waals surface area contributed by atoms with Gasteiger partial charge in [-0.2, -0.15) is 4.99 Å². The molecule has 118 valence electrons. The maximum Gasteiger partial charge on any atom is 0.195 e. The summed E-state index contributed by atoms with van der Waals surface area (Å²) < 4.78 is 8.64. The fourth-order valence-electron chi connectivity index (χ4n) is 2.46. The Morgan fingerprint density at radius 2 is 2.14 bits per heavy atom. The van der Waals surface area contributed by atoms with E-state index in [9.17, 15) is 0 Å². The Labute approximate surface area is 139 Å². The van der Waals surface area contributed by atoms with Crippen LogP contribution in [0.2, 0.25) is 0 Å². The van der Waals surface area contributed by atoms with Crippen molar-refractivity contribution in [2.75, 3.05) is 39.4 Å². The van der Waals surface area contributed by atoms with Crippen LogP contribution in [0.5, 0.6) is 0 Å². The van der Waals surface area contributed by atoms with Gasteiger partial charge in [-0.05, 0) is 24.4 Å². The lowest BCUT2D eigenvalue weighted by molar-refractivity contribution is 0.0389. The summed E-state index contributed by atoms with van der Waals surface area (Å²) in [6, 6.07) is 8.28. The number of morpholine rings is 1. The van der Waals surface area contributed by atoms with E-state index in [0.717, 1.165) is 44.2 Å². The SMILES string of the molecule is Cn1c(=NC(=S)NCCN2CCOCC2)sc2ccccc21. The highest BCUT2D eigenvalue weighted by Crippen LogP contribution is 2.14. The second-order valence-electron chi connectivity index (χ2n) is 5.21. The van der Waals surface area contributed by atoms with E-state index in [4.69, 9.17) is 17.0 Å². The van der Waals surface area contributed by atoms with E-state index >= 15 is 0 Å². The highest BCUT2D eigenvalue weighted by atomic mass is 32.1. The summed E-state index contributed by atoms with van der Waals surface area (Å²) in [6.07, 6.45) is 0. The first-order chi connectivity index (χ1) is 10.7. The van der Waals surface area contributed by atoms with Gasteiger partial charge in [-0.25, -0.2) is 0 Å². The Morgan fingerprint density at radius 3 is 2.91 bits per heavy atom. The van der Waals surface area contributed by atoms with Crippen molar-refractivity contribution in [1.82, 2.24) is 14.8 Å². The maximum absolute atomic E-state index is 5.34. The molecule has 22 heavy (non-hydrogen) atoms. The fourth-order valence-corrected chi connectivity index (χ4v) is 3.73. The topological polar surface area (TPSA) is 41.8 Å². The van der Waals surface area contributed by atoms with Gasteiger partial charge in [0.15, 0.2) is 9.91 Å². The zero-order valence-electron chi connectivity index (χ0n) is 12.6. The molecule has 1 aromatic carbocycles. The number of ether oxygens (including phenoxy) is 1. The third-order valence-corrected chi connectivity index (χ3v) is 5.07. The molecule has 1 saturated heterocycles. The van der Waals surface area contributed by atoms with Crippen molar-refractivity contribution in [2.45, 2.75) is 0 Å². The molecule has 1 aliphatic heterocycles. The maximum atomic E-state index is 5.34. The van der Waals surface area contributed by atoms with Crippen LogP contribution in [-0.2, 0) is 11.8 Å². The molecule has 0 atom stereocenters. The van der Waals surface area contributed by atoms with E-state index < -0.39 is 0 Å². The van der Waals surface area contributed by atoms with Crippen LogP contribution in [-0.4, -0.2) is 54.0 Å². The van der Waals surface area contributed by atoms with Crippen molar-refractivity contribution in [2.24, 2.45) is 12.0 Å². The number of aryl methyl sites for hydroxylation is 1. The minimum atomic E-state index is 0.551. The molecule has 0 amide bonds. The van der Waals surface area contributed by atoms with E-state index in [1.54, 1.807) is 11.3 Å². The Bertz CT molecular complexity index is 716. The zero-order valence-corrected chi connectivity index (χ0v) is 14.3. The van der Waals surface area contributed by atoms with Crippen molar-refractivity contribution in [3.05, 3.63) is 29.1 Å². The molecule has 0 aliphatic carbocycles. The summed E-state index contributed by atoms with van der Waals surface area (Å²) in [4.78, 5) is 7.83. The number of hydrogen-bond acceptors (Lipinski definition) is 4. The number of aromatic nitrogens is 1. The predicted octanol–water partition coefficient (Wildman–Crippen LogP) is 1.35. The molecule has 1 aliphatic rings. The molecule has 1 fully saturated rings. The Balaban J connectivity index is 1.60. The minimum Gasteiger partial charge on any atom is -0.379 e. The average molecular weight is 336 g/mol. The van der Waals surface area contributed by atoms with E-state index in [0.29, 0.717) is 5.11 Å². The lowest BCUT2D eigenvalue weighted by atomic mass is 10.3. The number of para-hydroxylation sites is 1. The zero-order chi connectivity index (χ0) is 15.4. The van der Waals surface area contributed by atoms with Crippen LogP contribution < -0.4 is 10.1 Å². The molecule has 0 unspecified atom stereocenters. The number of nitrogens with one attached hydrogen (secondary N) is 1. The molecule has 0 spiro atoms. The molecule has 7 heteroatoms. The van der Waals surface area contributed by atoms with Gasteiger partial charge in [-0.1, -0.05) is 23.5 Å². The highest BCUT2D eigenvalue weighted by molar-refractivity contribution is 7.80. The van der Waals surface area contributed by atoms with E-state index in [1.807, 2.05) is 19.2 Å². The van der Waals surface area contributed by atoms with E-state index in [-0.39, 0.29) is 0 Å². The number of benzene rings is 1. The molecule has 1 aromatic heterocycles. The van der Waals surface area contributed by atoms with Gasteiger partial charge >= 0.3 is 0 Å². The van der Waals surface area contributed by atoms with Gasteiger partial charge in [-0.15, -0.1) is 0 Å². The Hall–Kier alpha value is -1.28. The molecule has 2 aromatic rings. The van der Waals surface area contributed by atoms with Gasteiger partial charge in [0.2, 0.25) is 0 Å². The molecule has 2 heterocycles. The van der Waals surface area contributed by atoms with Gasteiger partial charge < -0.3 is 14.6 Å². The van der Waals surface area contributed by atoms with Crippen molar-refractivity contribution in [3.8, 4) is 0 Å². The lowest BCUT2D eigenvalue weighted by Gasteiger charge is -2.26. The summed E-state index contributed by atoms with van der Waals surface area (Å²) in [6.45, 7) is 5.43. The largest absolute Gasteiger partial charge is 0.379 e. The summed E-state index contributed by atoms with van der Waals surface area (Å²) in [5, 5.41) is 3.78. The predicted molar refractivity (Wildman–Crippen MR) is 94.2 cm³/mol. The molecular weight excluding hydrogens is 316 g/mol. The molecule has 5 nitrogen and oxygen atoms in total. The van der Waals surface area contributed by atoms with Gasteiger partial charge in [0, 0.05) is 33.2 Å². The summed E-state index contributed by atoms with van der Waals surface area (Å²) in [5.41, 5.74) is 1.18. The van der Waals surface area contributed by atoms with Crippen molar-refractivity contribution in [3.63, 3.8) is 0 Å². The first-order valence-corrected chi connectivity index (χ1v) is 8.64. The molecule has 0 saturated carbocycles. The smallest absolute Gasteiger partial charge is 0.195 e. The molecular formula is C15H20N4OS2. The number of nitrogens with zero attached hydrogens (tertiary/aromatic N) is 3. The molecule has 3 rings (SSSR count). The average Bonchev–Trinajstić information content (AvgIpc) is 2.85. The lowest BCUT2D eigenvalue weighted by Crippen LogP contribution is -2.41. The molecule has 0 radical (unpaired) electrons. The van der Waals surface area contributed by atoms with E-state index in [2.05, 4.69) is 31.9 Å². The number of thiazole rings is 1. The summed E-state index contributed by atoms with van der Waals surface area (Å²) in [7, 11) is 2.02. The van der Waals surface area contributed by atoms with Gasteiger partial charge in [0.1, 0.15) is 0 Å². The number of thiocarbonyl (C=S) groups is 1. The first kappa shape index (κ1) is 15.6. The summed E-state index contributed by atoms with van der Waals surface area (Å²) in [5.74, 6) is 0. The second kappa shape index (κ2) is 7.32. The minimum absolute atomic E-state index is 0.551. The highest BCUT2D eigenvalue weighted by Gasteiger charge is 2.09. The summed E-state index contributed by atoms with van der Waals surface area (Å²) >= 11 is 7.00. The third kappa shape index (κ3) is 3.73. The van der Waals surface area contributed by atoms with Crippen molar-refractivity contribution < 1.29 is 4.74 Å². The molecule has 0 bridgehead atoms. The van der Waals surface area contributed by atoms with Crippen molar-refractivity contribution in [1.29, 1.82) is 0 Å². The number of hydrogen-bond donors (Lipinski definition) is 1. The first-order valence-electron chi connectivity index (χ1n) is 7.41. The van der Waals surface area contributed by atoms with Gasteiger partial charge in [-0.3, -0.25) is 4.90 Å². The Kier molecular flexibility index (Phi) is 5.20. The van der Waals surface area contributed by atoms with Crippen LogP contribution in [0.25, 0.3) is 10.2 Å². The van der Waals surface area contributed by atoms with Crippen LogP contribution in [0.15, 0.2) is 29.3 Å². The van der Waals surface area contributed by atoms with Crippen LogP contribution in [0, 0.1) is 0 Å². The van der Waals surface area contributed by atoms with Crippen LogP contribution in [0.4, 0.5) is 0 Å². The standard InChI is InChI=1S/C15H20N4OS2/c1-18-12-4-2-3-5-13(12)22-15(18)17-14(21)16-6-7-19-8-10-20-11-9-19/h2-5H,6-11H2,1H3,(H,16,21). The van der Waals surface area contributed by atoms with Crippen LogP contribution in [0.3, 0.4) is 0 Å². The fraction of sp³-hybridized carbons (Fsp3) is 0.467. The van der Waals surface area contributed by atoms with Crippen LogP contribution >= 0.6 is 23.6 Å². The number of fused-ring (bicyclic) bond motifs is 1. The monoisotopic (exact) mass is 336 g/mol. The quantitative estimate of drug-likeness (QED) is 0.859. The van der Waals surface area contributed by atoms with Crippen LogP contribution in [0.1, 0.15) is 0 Å². The molecule has 1 N–H and O–H groups in total. The van der Waals surface area contributed by atoms with Crippen molar-refractivity contribution >= 4 is 38.9 Å². The van der Waals surface area contributed by atoms with Gasteiger partial charge in [0.05, 0.1) is 23.4 Å². The second-order valence-corrected chi connectivity index (χ2v) is 6.60.